The molecule has 2 rings (SSSR count). The Bertz CT molecular complexity index is 478. The predicted molar refractivity (Wildman–Crippen MR) is 81.2 cm³/mol. The number of hydrogen-bond acceptors (Lipinski definition) is 3. The third-order valence-corrected chi connectivity index (χ3v) is 4.20. The Morgan fingerprint density at radius 3 is 2.84 bits per heavy atom. The van der Waals surface area contributed by atoms with Crippen LogP contribution in [-0.2, 0) is 0 Å². The van der Waals surface area contributed by atoms with Gasteiger partial charge in [-0.15, -0.1) is 0 Å². The number of anilines is 1. The van der Waals surface area contributed by atoms with Gasteiger partial charge in [0.05, 0.1) is 5.56 Å². The number of hydrogen-bond donors (Lipinski definition) is 1. The first-order valence-corrected chi connectivity index (χ1v) is 7.40. The van der Waals surface area contributed by atoms with Gasteiger partial charge in [-0.05, 0) is 31.7 Å². The Hall–Kier alpha value is -1.07. The summed E-state index contributed by atoms with van der Waals surface area (Å²) in [4.78, 5) is 16.8. The van der Waals surface area contributed by atoms with E-state index < -0.39 is 0 Å². The normalized spacial score (nSPS) is 20.6. The third-order valence-electron chi connectivity index (χ3n) is 3.70. The molecule has 19 heavy (non-hydrogen) atoms. The lowest BCUT2D eigenvalue weighted by molar-refractivity contribution is 0.0529. The monoisotopic (exact) mass is 325 g/mol. The maximum atomic E-state index is 12.5. The van der Waals surface area contributed by atoms with Crippen LogP contribution in [-0.4, -0.2) is 47.9 Å². The summed E-state index contributed by atoms with van der Waals surface area (Å²) >= 11 is 3.39. The van der Waals surface area contributed by atoms with Crippen molar-refractivity contribution in [3.05, 3.63) is 28.2 Å². The van der Waals surface area contributed by atoms with Gasteiger partial charge in [-0.1, -0.05) is 22.9 Å². The van der Waals surface area contributed by atoms with Crippen LogP contribution in [0.5, 0.6) is 0 Å². The molecule has 1 atom stereocenters. The Kier molecular flexibility index (Phi) is 4.47. The number of carbonyl (C=O) groups is 1. The standard InChI is InChI=1S/C14H20BrN3O/c1-3-17-6-7-18(9-10(17)2)14(19)12-8-11(15)4-5-13(12)16/h4-5,8,10H,3,6-7,9,16H2,1-2H3. The number of piperazine rings is 1. The van der Waals surface area contributed by atoms with Crippen molar-refractivity contribution >= 4 is 27.5 Å². The van der Waals surface area contributed by atoms with Gasteiger partial charge < -0.3 is 10.6 Å². The topological polar surface area (TPSA) is 49.6 Å². The van der Waals surface area contributed by atoms with E-state index in [1.165, 1.54) is 0 Å². The molecule has 1 saturated heterocycles. The van der Waals surface area contributed by atoms with Crippen LogP contribution in [0.4, 0.5) is 5.69 Å². The summed E-state index contributed by atoms with van der Waals surface area (Å²) in [5, 5.41) is 0. The minimum absolute atomic E-state index is 0.0291. The molecule has 1 aromatic rings. The Labute approximate surface area is 122 Å². The van der Waals surface area contributed by atoms with E-state index in [2.05, 4.69) is 34.7 Å². The lowest BCUT2D eigenvalue weighted by Crippen LogP contribution is -2.53. The molecule has 0 bridgehead atoms. The number of benzene rings is 1. The zero-order valence-electron chi connectivity index (χ0n) is 11.4. The van der Waals surface area contributed by atoms with E-state index in [4.69, 9.17) is 5.73 Å². The van der Waals surface area contributed by atoms with Crippen LogP contribution >= 0.6 is 15.9 Å². The largest absolute Gasteiger partial charge is 0.398 e. The van der Waals surface area contributed by atoms with Gasteiger partial charge in [-0.3, -0.25) is 9.69 Å². The number of nitrogens with zero attached hydrogens (tertiary/aromatic N) is 2. The van der Waals surface area contributed by atoms with Crippen molar-refractivity contribution in [2.24, 2.45) is 0 Å². The maximum Gasteiger partial charge on any atom is 0.256 e. The number of carbonyl (C=O) groups excluding carboxylic acids is 1. The van der Waals surface area contributed by atoms with Gasteiger partial charge >= 0.3 is 0 Å². The van der Waals surface area contributed by atoms with Gasteiger partial charge in [0.2, 0.25) is 0 Å². The predicted octanol–water partition coefficient (Wildman–Crippen LogP) is 2.20. The van der Waals surface area contributed by atoms with Crippen LogP contribution in [0.2, 0.25) is 0 Å². The number of nitrogen functional groups attached to an aromatic ring is 1. The van der Waals surface area contributed by atoms with Crippen LogP contribution in [0, 0.1) is 0 Å². The van der Waals surface area contributed by atoms with Gasteiger partial charge in [0.15, 0.2) is 0 Å². The van der Waals surface area contributed by atoms with Gasteiger partial charge in [0, 0.05) is 35.8 Å². The van der Waals surface area contributed by atoms with Crippen LogP contribution in [0.3, 0.4) is 0 Å². The fraction of sp³-hybridized carbons (Fsp3) is 0.500. The van der Waals surface area contributed by atoms with Gasteiger partial charge in [0.1, 0.15) is 0 Å². The second-order valence-electron chi connectivity index (χ2n) is 4.96. The molecular formula is C14H20BrN3O. The molecule has 0 aliphatic carbocycles. The molecule has 0 saturated carbocycles. The molecule has 1 aliphatic rings. The molecule has 1 fully saturated rings. The molecule has 1 amide bonds. The molecule has 5 heteroatoms. The molecule has 2 N–H and O–H groups in total. The molecular weight excluding hydrogens is 306 g/mol. The van der Waals surface area contributed by atoms with Gasteiger partial charge in [-0.25, -0.2) is 0 Å². The molecule has 0 spiro atoms. The number of amides is 1. The average molecular weight is 326 g/mol. The van der Waals surface area contributed by atoms with E-state index in [9.17, 15) is 4.79 Å². The summed E-state index contributed by atoms with van der Waals surface area (Å²) in [7, 11) is 0. The molecule has 1 heterocycles. The summed E-state index contributed by atoms with van der Waals surface area (Å²) in [5.41, 5.74) is 7.04. The fourth-order valence-corrected chi connectivity index (χ4v) is 2.89. The van der Waals surface area contributed by atoms with Gasteiger partial charge in [-0.2, -0.15) is 0 Å². The van der Waals surface area contributed by atoms with Crippen molar-refractivity contribution in [2.75, 3.05) is 31.9 Å². The summed E-state index contributed by atoms with van der Waals surface area (Å²) in [6.45, 7) is 7.80. The van der Waals surface area contributed by atoms with Crippen molar-refractivity contribution in [1.82, 2.24) is 9.80 Å². The lowest BCUT2D eigenvalue weighted by Gasteiger charge is -2.39. The second kappa shape index (κ2) is 5.92. The van der Waals surface area contributed by atoms with E-state index >= 15 is 0 Å². The quantitative estimate of drug-likeness (QED) is 0.848. The zero-order valence-corrected chi connectivity index (χ0v) is 13.0. The zero-order chi connectivity index (χ0) is 14.0. The first-order valence-electron chi connectivity index (χ1n) is 6.61. The van der Waals surface area contributed by atoms with Crippen LogP contribution in [0.1, 0.15) is 24.2 Å². The Balaban J connectivity index is 2.14. The van der Waals surface area contributed by atoms with Crippen molar-refractivity contribution in [3.8, 4) is 0 Å². The molecule has 1 aliphatic heterocycles. The number of nitrogens with two attached hydrogens (primary N) is 1. The number of halogens is 1. The van der Waals surface area contributed by atoms with Crippen molar-refractivity contribution in [1.29, 1.82) is 0 Å². The van der Waals surface area contributed by atoms with E-state index in [-0.39, 0.29) is 5.91 Å². The molecule has 1 aromatic carbocycles. The Morgan fingerprint density at radius 2 is 2.21 bits per heavy atom. The second-order valence-corrected chi connectivity index (χ2v) is 5.88. The average Bonchev–Trinajstić information content (AvgIpc) is 2.40. The van der Waals surface area contributed by atoms with Crippen molar-refractivity contribution in [2.45, 2.75) is 19.9 Å². The number of rotatable bonds is 2. The smallest absolute Gasteiger partial charge is 0.256 e. The fourth-order valence-electron chi connectivity index (χ4n) is 2.53. The maximum absolute atomic E-state index is 12.5. The summed E-state index contributed by atoms with van der Waals surface area (Å²) in [5.74, 6) is 0.0291. The highest BCUT2D eigenvalue weighted by Crippen LogP contribution is 2.21. The van der Waals surface area contributed by atoms with Crippen molar-refractivity contribution in [3.63, 3.8) is 0 Å². The number of likely N-dealkylation sites (N-methyl/N-ethyl adjacent to an activating group) is 1. The highest BCUT2D eigenvalue weighted by atomic mass is 79.9. The minimum atomic E-state index is 0.0291. The molecule has 104 valence electrons. The molecule has 0 aromatic heterocycles. The third kappa shape index (κ3) is 3.09. The van der Waals surface area contributed by atoms with E-state index in [1.807, 2.05) is 11.0 Å². The molecule has 0 radical (unpaired) electrons. The van der Waals surface area contributed by atoms with Crippen LogP contribution < -0.4 is 5.73 Å². The van der Waals surface area contributed by atoms with E-state index in [1.54, 1.807) is 12.1 Å². The minimum Gasteiger partial charge on any atom is -0.398 e. The Morgan fingerprint density at radius 1 is 1.47 bits per heavy atom. The van der Waals surface area contributed by atoms with Crippen molar-refractivity contribution < 1.29 is 4.79 Å². The highest BCUT2D eigenvalue weighted by molar-refractivity contribution is 9.10. The first kappa shape index (κ1) is 14.3. The molecule has 1 unspecified atom stereocenters. The summed E-state index contributed by atoms with van der Waals surface area (Å²) in [6.07, 6.45) is 0. The highest BCUT2D eigenvalue weighted by Gasteiger charge is 2.27. The molecule has 4 nitrogen and oxygen atoms in total. The van der Waals surface area contributed by atoms with Crippen LogP contribution in [0.15, 0.2) is 22.7 Å². The van der Waals surface area contributed by atoms with Gasteiger partial charge in [0.25, 0.3) is 5.91 Å². The van der Waals surface area contributed by atoms with E-state index in [0.29, 0.717) is 17.3 Å². The SMILES string of the molecule is CCN1CCN(C(=O)c2cc(Br)ccc2N)CC1C. The lowest BCUT2D eigenvalue weighted by atomic mass is 10.1. The first-order chi connectivity index (χ1) is 9.02. The van der Waals surface area contributed by atoms with Crippen LogP contribution in [0.25, 0.3) is 0 Å². The van der Waals surface area contributed by atoms with E-state index in [0.717, 1.165) is 30.7 Å². The summed E-state index contributed by atoms with van der Waals surface area (Å²) < 4.78 is 0.880. The summed E-state index contributed by atoms with van der Waals surface area (Å²) in [6, 6.07) is 5.82.